The van der Waals surface area contributed by atoms with E-state index in [0.29, 0.717) is 25.1 Å². The maximum Gasteiger partial charge on any atom is 0.246 e. The summed E-state index contributed by atoms with van der Waals surface area (Å²) >= 11 is 6.20. The third-order valence-electron chi connectivity index (χ3n) is 5.08. The maximum atomic E-state index is 13.4. The number of hydrogen-bond acceptors (Lipinski definition) is 3. The summed E-state index contributed by atoms with van der Waals surface area (Å²) in [6.45, 7) is 4.51. The van der Waals surface area contributed by atoms with Gasteiger partial charge in [0.2, 0.25) is 11.8 Å². The molecule has 2 heterocycles. The molecule has 150 valence electrons. The van der Waals surface area contributed by atoms with Crippen LogP contribution in [0, 0.1) is 12.7 Å². The van der Waals surface area contributed by atoms with Crippen LogP contribution in [0.3, 0.4) is 0 Å². The highest BCUT2D eigenvalue weighted by Gasteiger charge is 2.35. The van der Waals surface area contributed by atoms with E-state index in [2.05, 4.69) is 5.10 Å². The van der Waals surface area contributed by atoms with Gasteiger partial charge in [0.25, 0.3) is 0 Å². The minimum Gasteiger partial charge on any atom is -0.331 e. The molecular weight excluding hydrogens is 383 g/mol. The molecule has 28 heavy (non-hydrogen) atoms. The number of likely N-dealkylation sites (tertiary alicyclic amines) is 1. The Kier molecular flexibility index (Phi) is 6.03. The average Bonchev–Trinajstić information content (AvgIpc) is 3.22. The third-order valence-corrected chi connectivity index (χ3v) is 5.43. The van der Waals surface area contributed by atoms with Crippen molar-refractivity contribution in [3.05, 3.63) is 52.1 Å². The van der Waals surface area contributed by atoms with Gasteiger partial charge in [0.05, 0.1) is 17.9 Å². The smallest absolute Gasteiger partial charge is 0.246 e. The molecular formula is C20H24ClFN4O2. The van der Waals surface area contributed by atoms with E-state index in [0.717, 1.165) is 17.8 Å². The van der Waals surface area contributed by atoms with Crippen molar-refractivity contribution in [2.45, 2.75) is 45.8 Å². The predicted octanol–water partition coefficient (Wildman–Crippen LogP) is 3.06. The summed E-state index contributed by atoms with van der Waals surface area (Å²) in [4.78, 5) is 28.6. The van der Waals surface area contributed by atoms with Crippen LogP contribution in [0.1, 0.15) is 36.7 Å². The zero-order chi connectivity index (χ0) is 20.4. The molecule has 2 aromatic rings. The van der Waals surface area contributed by atoms with Gasteiger partial charge in [0, 0.05) is 32.1 Å². The molecule has 1 unspecified atom stereocenters. The minimum atomic E-state index is -0.481. The first-order valence-electron chi connectivity index (χ1n) is 9.25. The topological polar surface area (TPSA) is 58.4 Å². The molecule has 1 fully saturated rings. The Morgan fingerprint density at radius 3 is 2.68 bits per heavy atom. The molecule has 1 atom stereocenters. The molecule has 1 aliphatic rings. The van der Waals surface area contributed by atoms with E-state index in [1.54, 1.807) is 20.5 Å². The molecule has 1 aliphatic heterocycles. The number of carbonyl (C=O) groups excluding carboxylic acids is 2. The van der Waals surface area contributed by atoms with E-state index >= 15 is 0 Å². The van der Waals surface area contributed by atoms with Crippen LogP contribution < -0.4 is 0 Å². The second-order valence-electron chi connectivity index (χ2n) is 7.20. The zero-order valence-corrected chi connectivity index (χ0v) is 17.0. The van der Waals surface area contributed by atoms with Crippen LogP contribution in [0.5, 0.6) is 0 Å². The fraction of sp³-hybridized carbons (Fsp3) is 0.450. The number of rotatable bonds is 5. The van der Waals surface area contributed by atoms with Gasteiger partial charge in [-0.1, -0.05) is 17.7 Å². The van der Waals surface area contributed by atoms with Gasteiger partial charge in [-0.15, -0.1) is 0 Å². The summed E-state index contributed by atoms with van der Waals surface area (Å²) in [5.41, 5.74) is 2.38. The maximum absolute atomic E-state index is 13.4. The molecule has 1 aromatic carbocycles. The highest BCUT2D eigenvalue weighted by atomic mass is 35.5. The molecule has 0 spiro atoms. The molecule has 1 aromatic heterocycles. The van der Waals surface area contributed by atoms with Gasteiger partial charge < -0.3 is 9.80 Å². The lowest BCUT2D eigenvalue weighted by Crippen LogP contribution is -2.46. The molecule has 8 heteroatoms. The highest BCUT2D eigenvalue weighted by molar-refractivity contribution is 6.31. The van der Waals surface area contributed by atoms with Crippen molar-refractivity contribution in [2.24, 2.45) is 7.05 Å². The van der Waals surface area contributed by atoms with Crippen molar-refractivity contribution in [3.63, 3.8) is 0 Å². The van der Waals surface area contributed by atoms with Gasteiger partial charge in [-0.25, -0.2) is 4.39 Å². The normalized spacial score (nSPS) is 16.5. The van der Waals surface area contributed by atoms with E-state index in [1.165, 1.54) is 19.1 Å². The minimum absolute atomic E-state index is 0.105. The first-order valence-corrected chi connectivity index (χ1v) is 9.63. The van der Waals surface area contributed by atoms with Gasteiger partial charge in [-0.3, -0.25) is 14.3 Å². The largest absolute Gasteiger partial charge is 0.331 e. The second kappa shape index (κ2) is 8.31. The van der Waals surface area contributed by atoms with Crippen molar-refractivity contribution in [2.75, 3.05) is 6.54 Å². The Hall–Kier alpha value is -2.41. The molecule has 3 rings (SSSR count). The Morgan fingerprint density at radius 2 is 2.07 bits per heavy atom. The molecule has 0 saturated carbocycles. The van der Waals surface area contributed by atoms with Crippen molar-refractivity contribution >= 4 is 23.4 Å². The number of carbonyl (C=O) groups is 2. The van der Waals surface area contributed by atoms with Crippen LogP contribution >= 0.6 is 11.6 Å². The standard InChI is InChI=1S/C20H24ClFN4O2/c1-13-9-17(24(3)23-13)12-25(11-15-6-7-16(22)10-18(15)21)20(28)19-5-4-8-26(19)14(2)27/h6-7,9-10,19H,4-5,8,11-12H2,1-3H3. The summed E-state index contributed by atoms with van der Waals surface area (Å²) in [6, 6.07) is 5.60. The van der Waals surface area contributed by atoms with Crippen molar-refractivity contribution in [3.8, 4) is 0 Å². The fourth-order valence-corrected chi connectivity index (χ4v) is 3.91. The summed E-state index contributed by atoms with van der Waals surface area (Å²) in [5, 5.41) is 4.61. The van der Waals surface area contributed by atoms with Gasteiger partial charge in [0.1, 0.15) is 11.9 Å². The summed E-state index contributed by atoms with van der Waals surface area (Å²) in [6.07, 6.45) is 1.43. The van der Waals surface area contributed by atoms with E-state index in [4.69, 9.17) is 11.6 Å². The molecule has 6 nitrogen and oxygen atoms in total. The first kappa shape index (κ1) is 20.3. The van der Waals surface area contributed by atoms with Crippen molar-refractivity contribution in [1.29, 1.82) is 0 Å². The lowest BCUT2D eigenvalue weighted by molar-refractivity contribution is -0.143. The molecule has 0 aliphatic carbocycles. The van der Waals surface area contributed by atoms with Crippen LogP contribution in [0.25, 0.3) is 0 Å². The fourth-order valence-electron chi connectivity index (χ4n) is 3.69. The third kappa shape index (κ3) is 4.35. The van der Waals surface area contributed by atoms with Crippen LogP contribution in [0.2, 0.25) is 5.02 Å². The van der Waals surface area contributed by atoms with Crippen LogP contribution in [-0.4, -0.2) is 44.0 Å². The van der Waals surface area contributed by atoms with Gasteiger partial charge in [-0.05, 0) is 43.5 Å². The van der Waals surface area contributed by atoms with E-state index in [9.17, 15) is 14.0 Å². The Bertz CT molecular complexity index is 898. The summed E-state index contributed by atoms with van der Waals surface area (Å²) < 4.78 is 15.1. The first-order chi connectivity index (χ1) is 13.3. The Balaban J connectivity index is 1.90. The highest BCUT2D eigenvalue weighted by Crippen LogP contribution is 2.24. The van der Waals surface area contributed by atoms with Crippen molar-refractivity contribution < 1.29 is 14.0 Å². The summed E-state index contributed by atoms with van der Waals surface area (Å²) in [5.74, 6) is -0.661. The Morgan fingerprint density at radius 1 is 1.32 bits per heavy atom. The monoisotopic (exact) mass is 406 g/mol. The van der Waals surface area contributed by atoms with Gasteiger partial charge in [-0.2, -0.15) is 5.10 Å². The number of halogens is 2. The van der Waals surface area contributed by atoms with Crippen LogP contribution in [-0.2, 0) is 29.7 Å². The quantitative estimate of drug-likeness (QED) is 0.766. The van der Waals surface area contributed by atoms with Gasteiger partial charge >= 0.3 is 0 Å². The molecule has 0 radical (unpaired) electrons. The van der Waals surface area contributed by atoms with E-state index in [-0.39, 0.29) is 23.4 Å². The zero-order valence-electron chi connectivity index (χ0n) is 16.3. The second-order valence-corrected chi connectivity index (χ2v) is 7.61. The van der Waals surface area contributed by atoms with E-state index in [1.807, 2.05) is 20.0 Å². The number of hydrogen-bond donors (Lipinski definition) is 0. The Labute approximate surface area is 168 Å². The van der Waals surface area contributed by atoms with Gasteiger partial charge in [0.15, 0.2) is 0 Å². The van der Waals surface area contributed by atoms with E-state index < -0.39 is 11.9 Å². The number of amides is 2. The van der Waals surface area contributed by atoms with Crippen LogP contribution in [0.15, 0.2) is 24.3 Å². The van der Waals surface area contributed by atoms with Crippen LogP contribution in [0.4, 0.5) is 4.39 Å². The number of nitrogens with zero attached hydrogens (tertiary/aromatic N) is 4. The lowest BCUT2D eigenvalue weighted by atomic mass is 10.1. The molecule has 1 saturated heterocycles. The van der Waals surface area contributed by atoms with Crippen molar-refractivity contribution in [1.82, 2.24) is 19.6 Å². The predicted molar refractivity (Wildman–Crippen MR) is 104 cm³/mol. The number of benzene rings is 1. The molecule has 2 amide bonds. The summed E-state index contributed by atoms with van der Waals surface area (Å²) in [7, 11) is 1.83. The average molecular weight is 407 g/mol. The lowest BCUT2D eigenvalue weighted by Gasteiger charge is -2.30. The molecule has 0 N–H and O–H groups in total. The number of aromatic nitrogens is 2. The SMILES string of the molecule is CC(=O)N1CCCC1C(=O)N(Cc1ccc(F)cc1Cl)Cc1cc(C)nn1C. The molecule has 0 bridgehead atoms. The number of aryl methyl sites for hydroxylation is 2.